The van der Waals surface area contributed by atoms with E-state index in [0.717, 1.165) is 27.6 Å². The van der Waals surface area contributed by atoms with Gasteiger partial charge >= 0.3 is 0 Å². The molecule has 0 unspecified atom stereocenters. The maximum absolute atomic E-state index is 13.5. The summed E-state index contributed by atoms with van der Waals surface area (Å²) in [6.07, 6.45) is 0. The maximum atomic E-state index is 13.5. The topological polar surface area (TPSA) is 143 Å². The number of carbonyl (C=O) groups is 1. The fraction of sp³-hybridized carbons (Fsp3) is 0.0938. The minimum Gasteiger partial charge on any atom is -0.489 e. The van der Waals surface area contributed by atoms with Gasteiger partial charge in [-0.3, -0.25) is 15.6 Å². The van der Waals surface area contributed by atoms with Crippen LogP contribution < -0.4 is 21.5 Å². The highest BCUT2D eigenvalue weighted by Crippen LogP contribution is 2.27. The van der Waals surface area contributed by atoms with Crippen LogP contribution in [0.3, 0.4) is 0 Å². The van der Waals surface area contributed by atoms with Gasteiger partial charge in [0.15, 0.2) is 0 Å². The molecule has 0 aliphatic carbocycles. The molecule has 1 amide bonds. The summed E-state index contributed by atoms with van der Waals surface area (Å²) in [5.41, 5.74) is 16.8. The number of nitrogen functional groups attached to an aromatic ring is 2. The van der Waals surface area contributed by atoms with E-state index in [0.29, 0.717) is 35.7 Å². The van der Waals surface area contributed by atoms with Crippen molar-refractivity contribution in [2.75, 3.05) is 0 Å². The summed E-state index contributed by atoms with van der Waals surface area (Å²) >= 11 is 0. The van der Waals surface area contributed by atoms with E-state index in [1.807, 2.05) is 89.5 Å². The Morgan fingerprint density at radius 3 is 2.02 bits per heavy atom. The van der Waals surface area contributed by atoms with E-state index >= 15 is 0 Å². The van der Waals surface area contributed by atoms with Crippen molar-refractivity contribution in [1.29, 1.82) is 10.8 Å². The molecule has 4 aromatic carbocycles. The lowest BCUT2D eigenvalue weighted by Gasteiger charge is -2.13. The number of benzene rings is 4. The van der Waals surface area contributed by atoms with E-state index < -0.39 is 0 Å². The van der Waals surface area contributed by atoms with Crippen LogP contribution in [-0.4, -0.2) is 22.1 Å². The number of carbonyl (C=O) groups excluding carboxylic acids is 1. The second-order valence-corrected chi connectivity index (χ2v) is 9.52. The molecule has 10 heteroatoms. The standard InChI is InChI=1S/C32H30N6O2.2HI/c33-30(34)24-10-4-8-22(14-24)18-37-32(39)29-17-26-16-27(40-20-21-6-2-1-3-7-21)12-13-28(26)38(29)19-23-9-5-11-25(15-23)31(35)36;;/h1-17H,18-20H2,(H3,33,34)(H3,35,36)(H,37,39);2*1H. The molecule has 0 bridgehead atoms. The number of fused-ring (bicyclic) bond motifs is 1. The van der Waals surface area contributed by atoms with Gasteiger partial charge in [0, 0.05) is 35.1 Å². The molecule has 0 aliphatic heterocycles. The number of nitrogens with zero attached hydrogens (tertiary/aromatic N) is 1. The fourth-order valence-corrected chi connectivity index (χ4v) is 4.58. The summed E-state index contributed by atoms with van der Waals surface area (Å²) in [6, 6.07) is 32.3. The molecule has 0 saturated heterocycles. The molecule has 216 valence electrons. The summed E-state index contributed by atoms with van der Waals surface area (Å²) in [5.74, 6) is 0.440. The van der Waals surface area contributed by atoms with Crippen LogP contribution in [0.5, 0.6) is 5.75 Å². The first-order valence-electron chi connectivity index (χ1n) is 12.8. The quantitative estimate of drug-likeness (QED) is 0.0673. The molecule has 1 aromatic heterocycles. The van der Waals surface area contributed by atoms with Gasteiger partial charge in [-0.05, 0) is 53.1 Å². The lowest BCUT2D eigenvalue weighted by molar-refractivity contribution is 0.0942. The van der Waals surface area contributed by atoms with Gasteiger partial charge in [0.05, 0.1) is 0 Å². The summed E-state index contributed by atoms with van der Waals surface area (Å²) in [5, 5.41) is 19.3. The van der Waals surface area contributed by atoms with Gasteiger partial charge in [0.2, 0.25) is 0 Å². The molecule has 0 atom stereocenters. The summed E-state index contributed by atoms with van der Waals surface area (Å²) in [4.78, 5) is 13.5. The highest BCUT2D eigenvalue weighted by molar-refractivity contribution is 14.0. The second-order valence-electron chi connectivity index (χ2n) is 9.52. The van der Waals surface area contributed by atoms with Gasteiger partial charge in [0.25, 0.3) is 5.91 Å². The molecule has 0 spiro atoms. The SMILES string of the molecule is I.I.N=C(N)c1cccc(CNC(=O)c2cc3cc(OCc4ccccc4)ccc3n2Cc2cccc(C(=N)N)c2)c1. The molecule has 7 N–H and O–H groups in total. The van der Waals surface area contributed by atoms with Crippen LogP contribution >= 0.6 is 48.0 Å². The summed E-state index contributed by atoms with van der Waals surface area (Å²) in [7, 11) is 0. The molecular formula is C32H32I2N6O2. The number of rotatable bonds is 10. The van der Waals surface area contributed by atoms with Crippen LogP contribution in [0.4, 0.5) is 0 Å². The Morgan fingerprint density at radius 2 is 1.36 bits per heavy atom. The molecule has 5 aromatic rings. The molecule has 0 fully saturated rings. The van der Waals surface area contributed by atoms with Gasteiger partial charge in [-0.25, -0.2) is 0 Å². The maximum Gasteiger partial charge on any atom is 0.268 e. The molecule has 1 heterocycles. The second kappa shape index (κ2) is 14.8. The van der Waals surface area contributed by atoms with Crippen molar-refractivity contribution < 1.29 is 9.53 Å². The summed E-state index contributed by atoms with van der Waals surface area (Å²) in [6.45, 7) is 1.14. The third-order valence-electron chi connectivity index (χ3n) is 6.62. The van der Waals surface area contributed by atoms with Crippen LogP contribution in [0, 0.1) is 10.8 Å². The Balaban J connectivity index is 0.00000242. The zero-order chi connectivity index (χ0) is 28.1. The molecule has 0 saturated carbocycles. The van der Waals surface area contributed by atoms with Crippen molar-refractivity contribution >= 4 is 76.4 Å². The average molecular weight is 786 g/mol. The van der Waals surface area contributed by atoms with Crippen molar-refractivity contribution in [3.05, 3.63) is 137 Å². The number of hydrogen-bond donors (Lipinski definition) is 5. The number of halogens is 2. The number of amides is 1. The van der Waals surface area contributed by atoms with Crippen LogP contribution in [0.1, 0.15) is 38.3 Å². The largest absolute Gasteiger partial charge is 0.489 e. The van der Waals surface area contributed by atoms with E-state index in [-0.39, 0.29) is 72.1 Å². The average Bonchev–Trinajstić information content (AvgIpc) is 3.33. The van der Waals surface area contributed by atoms with E-state index in [2.05, 4.69) is 5.32 Å². The third-order valence-corrected chi connectivity index (χ3v) is 6.62. The number of nitrogens with two attached hydrogens (primary N) is 2. The molecular weight excluding hydrogens is 754 g/mol. The van der Waals surface area contributed by atoms with E-state index in [4.69, 9.17) is 27.0 Å². The first kappa shape index (κ1) is 32.6. The minimum absolute atomic E-state index is 0. The van der Waals surface area contributed by atoms with Crippen molar-refractivity contribution in [3.63, 3.8) is 0 Å². The first-order valence-corrected chi connectivity index (χ1v) is 12.8. The normalized spacial score (nSPS) is 10.3. The highest BCUT2D eigenvalue weighted by atomic mass is 127. The van der Waals surface area contributed by atoms with Crippen LogP contribution in [0.15, 0.2) is 103 Å². The smallest absolute Gasteiger partial charge is 0.268 e. The third kappa shape index (κ3) is 7.88. The van der Waals surface area contributed by atoms with Crippen molar-refractivity contribution in [2.45, 2.75) is 19.7 Å². The van der Waals surface area contributed by atoms with Gasteiger partial charge < -0.3 is 26.1 Å². The van der Waals surface area contributed by atoms with E-state index in [1.165, 1.54) is 0 Å². The van der Waals surface area contributed by atoms with Gasteiger partial charge in [-0.15, -0.1) is 48.0 Å². The number of hydrogen-bond acceptors (Lipinski definition) is 4. The van der Waals surface area contributed by atoms with Crippen molar-refractivity contribution in [2.24, 2.45) is 11.5 Å². The number of aromatic nitrogens is 1. The van der Waals surface area contributed by atoms with Crippen LogP contribution in [0.25, 0.3) is 10.9 Å². The zero-order valence-electron chi connectivity index (χ0n) is 22.7. The Labute approximate surface area is 278 Å². The molecule has 0 radical (unpaired) electrons. The van der Waals surface area contributed by atoms with E-state index in [9.17, 15) is 4.79 Å². The predicted molar refractivity (Wildman–Crippen MR) is 189 cm³/mol. The Morgan fingerprint density at radius 1 is 0.738 bits per heavy atom. The van der Waals surface area contributed by atoms with Gasteiger partial charge in [-0.1, -0.05) is 66.7 Å². The Hall–Kier alpha value is -3.91. The lowest BCUT2D eigenvalue weighted by Crippen LogP contribution is -2.26. The number of nitrogens with one attached hydrogen (secondary N) is 3. The van der Waals surface area contributed by atoms with Crippen molar-refractivity contribution in [1.82, 2.24) is 9.88 Å². The van der Waals surface area contributed by atoms with Crippen molar-refractivity contribution in [3.8, 4) is 5.75 Å². The predicted octanol–water partition coefficient (Wildman–Crippen LogP) is 6.00. The Bertz CT molecular complexity index is 1720. The van der Waals surface area contributed by atoms with Crippen LogP contribution in [0.2, 0.25) is 0 Å². The number of ether oxygens (including phenoxy) is 1. The zero-order valence-corrected chi connectivity index (χ0v) is 27.3. The van der Waals surface area contributed by atoms with Gasteiger partial charge in [0.1, 0.15) is 29.7 Å². The summed E-state index contributed by atoms with van der Waals surface area (Å²) < 4.78 is 7.99. The van der Waals surface area contributed by atoms with Gasteiger partial charge in [-0.2, -0.15) is 0 Å². The Kier molecular flexibility index (Phi) is 11.5. The molecule has 42 heavy (non-hydrogen) atoms. The number of amidine groups is 2. The molecule has 5 rings (SSSR count). The molecule has 0 aliphatic rings. The molecule has 8 nitrogen and oxygen atoms in total. The monoisotopic (exact) mass is 786 g/mol. The lowest BCUT2D eigenvalue weighted by atomic mass is 10.1. The fourth-order valence-electron chi connectivity index (χ4n) is 4.58. The van der Waals surface area contributed by atoms with Crippen LogP contribution in [-0.2, 0) is 19.7 Å². The first-order chi connectivity index (χ1) is 19.4. The minimum atomic E-state index is -0.237. The van der Waals surface area contributed by atoms with E-state index in [1.54, 1.807) is 18.2 Å². The highest BCUT2D eigenvalue weighted by Gasteiger charge is 2.17.